The molecule has 0 aromatic heterocycles. The average molecular weight is 214 g/mol. The van der Waals surface area contributed by atoms with Crippen molar-refractivity contribution in [1.82, 2.24) is 9.80 Å². The van der Waals surface area contributed by atoms with E-state index in [2.05, 4.69) is 35.6 Å². The minimum Gasteiger partial charge on any atom is -0.466 e. The third-order valence-corrected chi connectivity index (χ3v) is 2.08. The molecule has 0 aromatic carbocycles. The fraction of sp³-hybridized carbons (Fsp3) is 0.727. The van der Waals surface area contributed by atoms with E-state index in [1.807, 2.05) is 0 Å². The van der Waals surface area contributed by atoms with Gasteiger partial charge in [0.1, 0.15) is 0 Å². The Kier molecular flexibility index (Phi) is 7.72. The molecule has 15 heavy (non-hydrogen) atoms. The summed E-state index contributed by atoms with van der Waals surface area (Å²) in [5.41, 5.74) is 0. The highest BCUT2D eigenvalue weighted by atomic mass is 16.5. The summed E-state index contributed by atoms with van der Waals surface area (Å²) in [5, 5.41) is 0. The second-order valence-corrected chi connectivity index (χ2v) is 3.62. The largest absolute Gasteiger partial charge is 0.466 e. The number of ether oxygens (including phenoxy) is 1. The Bertz CT molecular complexity index is 203. The van der Waals surface area contributed by atoms with E-state index in [0.29, 0.717) is 0 Å². The van der Waals surface area contributed by atoms with E-state index in [1.54, 1.807) is 6.20 Å². The van der Waals surface area contributed by atoms with Crippen LogP contribution in [0.25, 0.3) is 0 Å². The summed E-state index contributed by atoms with van der Waals surface area (Å²) in [6, 6.07) is 0. The predicted molar refractivity (Wildman–Crippen MR) is 61.6 cm³/mol. The number of carbonyl (C=O) groups excluding carboxylic acids is 1. The van der Waals surface area contributed by atoms with Crippen molar-refractivity contribution in [2.24, 2.45) is 0 Å². The lowest BCUT2D eigenvalue weighted by Gasteiger charge is -2.19. The molecule has 0 aliphatic rings. The van der Waals surface area contributed by atoms with E-state index >= 15 is 0 Å². The number of rotatable bonds is 7. The van der Waals surface area contributed by atoms with Crippen LogP contribution in [0.1, 0.15) is 13.3 Å². The first-order valence-electron chi connectivity index (χ1n) is 5.25. The highest BCUT2D eigenvalue weighted by molar-refractivity contribution is 5.81. The number of methoxy groups -OCH3 is 1. The third-order valence-electron chi connectivity index (χ3n) is 2.08. The zero-order chi connectivity index (χ0) is 11.7. The summed E-state index contributed by atoms with van der Waals surface area (Å²) in [6.45, 7) is 4.99. The lowest BCUT2D eigenvalue weighted by atomic mass is 10.3. The van der Waals surface area contributed by atoms with Crippen LogP contribution in [-0.2, 0) is 9.53 Å². The molecule has 0 amide bonds. The average Bonchev–Trinajstić information content (AvgIpc) is 2.22. The van der Waals surface area contributed by atoms with Gasteiger partial charge in [-0.15, -0.1) is 0 Å². The zero-order valence-corrected chi connectivity index (χ0v) is 10.2. The van der Waals surface area contributed by atoms with Gasteiger partial charge in [0.05, 0.1) is 7.11 Å². The molecule has 0 spiro atoms. The maximum absolute atomic E-state index is 10.9. The van der Waals surface area contributed by atoms with Crippen molar-refractivity contribution in [2.45, 2.75) is 13.3 Å². The molecular weight excluding hydrogens is 192 g/mol. The molecule has 4 nitrogen and oxygen atoms in total. The van der Waals surface area contributed by atoms with Crippen molar-refractivity contribution in [3.8, 4) is 0 Å². The SMILES string of the molecule is CCN(/C=C/C(=O)OC)CCCN(C)C. The van der Waals surface area contributed by atoms with Crippen LogP contribution in [0.5, 0.6) is 0 Å². The normalized spacial score (nSPS) is 11.0. The van der Waals surface area contributed by atoms with Crippen molar-refractivity contribution in [3.63, 3.8) is 0 Å². The fourth-order valence-corrected chi connectivity index (χ4v) is 1.16. The summed E-state index contributed by atoms with van der Waals surface area (Å²) in [7, 11) is 5.50. The lowest BCUT2D eigenvalue weighted by Crippen LogP contribution is -2.23. The Morgan fingerprint density at radius 3 is 2.47 bits per heavy atom. The van der Waals surface area contributed by atoms with Crippen LogP contribution >= 0.6 is 0 Å². The van der Waals surface area contributed by atoms with Crippen LogP contribution in [0.4, 0.5) is 0 Å². The fourth-order valence-electron chi connectivity index (χ4n) is 1.16. The summed E-state index contributed by atoms with van der Waals surface area (Å²) in [6.07, 6.45) is 4.34. The molecule has 0 fully saturated rings. The first-order valence-corrected chi connectivity index (χ1v) is 5.25. The van der Waals surface area contributed by atoms with E-state index in [-0.39, 0.29) is 5.97 Å². The molecule has 0 rings (SSSR count). The molecule has 0 saturated heterocycles. The first kappa shape index (κ1) is 14.0. The van der Waals surface area contributed by atoms with Crippen LogP contribution in [0.15, 0.2) is 12.3 Å². The number of hydrogen-bond acceptors (Lipinski definition) is 4. The number of esters is 1. The predicted octanol–water partition coefficient (Wildman–Crippen LogP) is 0.947. The molecular formula is C11H22N2O2. The van der Waals surface area contributed by atoms with Gasteiger partial charge in [-0.3, -0.25) is 0 Å². The highest BCUT2D eigenvalue weighted by Gasteiger charge is 1.98. The van der Waals surface area contributed by atoms with Gasteiger partial charge in [0, 0.05) is 25.4 Å². The summed E-state index contributed by atoms with van der Waals surface area (Å²) in [5.74, 6) is -0.305. The monoisotopic (exact) mass is 214 g/mol. The zero-order valence-electron chi connectivity index (χ0n) is 10.2. The molecule has 0 N–H and O–H groups in total. The molecule has 0 atom stereocenters. The van der Waals surface area contributed by atoms with Gasteiger partial charge in [0.15, 0.2) is 0 Å². The molecule has 0 saturated carbocycles. The van der Waals surface area contributed by atoms with Crippen molar-refractivity contribution >= 4 is 5.97 Å². The smallest absolute Gasteiger partial charge is 0.331 e. The van der Waals surface area contributed by atoms with Crippen LogP contribution < -0.4 is 0 Å². The van der Waals surface area contributed by atoms with E-state index in [9.17, 15) is 4.79 Å². The van der Waals surface area contributed by atoms with Gasteiger partial charge < -0.3 is 14.5 Å². The van der Waals surface area contributed by atoms with Gasteiger partial charge in [0.2, 0.25) is 0 Å². The number of carbonyl (C=O) groups is 1. The van der Waals surface area contributed by atoms with E-state index < -0.39 is 0 Å². The highest BCUT2D eigenvalue weighted by Crippen LogP contribution is 1.94. The molecule has 0 unspecified atom stereocenters. The maximum Gasteiger partial charge on any atom is 0.331 e. The van der Waals surface area contributed by atoms with E-state index in [0.717, 1.165) is 26.1 Å². The van der Waals surface area contributed by atoms with Crippen LogP contribution in [0.2, 0.25) is 0 Å². The summed E-state index contributed by atoms with van der Waals surface area (Å²) < 4.78 is 4.53. The second-order valence-electron chi connectivity index (χ2n) is 3.62. The summed E-state index contributed by atoms with van der Waals surface area (Å²) in [4.78, 5) is 15.1. The van der Waals surface area contributed by atoms with Gasteiger partial charge in [0.25, 0.3) is 0 Å². The van der Waals surface area contributed by atoms with Crippen molar-refractivity contribution in [1.29, 1.82) is 0 Å². The van der Waals surface area contributed by atoms with Gasteiger partial charge in [-0.1, -0.05) is 0 Å². The first-order chi connectivity index (χ1) is 7.10. The molecule has 4 heteroatoms. The van der Waals surface area contributed by atoms with E-state index in [4.69, 9.17) is 0 Å². The van der Waals surface area contributed by atoms with Crippen LogP contribution in [0.3, 0.4) is 0 Å². The van der Waals surface area contributed by atoms with Crippen molar-refractivity contribution in [2.75, 3.05) is 40.8 Å². The van der Waals surface area contributed by atoms with Crippen LogP contribution in [-0.4, -0.2) is 56.6 Å². The Morgan fingerprint density at radius 2 is 2.00 bits per heavy atom. The lowest BCUT2D eigenvalue weighted by molar-refractivity contribution is -0.134. The van der Waals surface area contributed by atoms with Crippen LogP contribution in [0, 0.1) is 0 Å². The Hall–Kier alpha value is -1.03. The second kappa shape index (κ2) is 8.29. The Morgan fingerprint density at radius 1 is 1.33 bits per heavy atom. The molecule has 0 radical (unpaired) electrons. The van der Waals surface area contributed by atoms with Crippen molar-refractivity contribution < 1.29 is 9.53 Å². The topological polar surface area (TPSA) is 32.8 Å². The maximum atomic E-state index is 10.9. The molecule has 0 aliphatic carbocycles. The molecule has 0 aliphatic heterocycles. The Balaban J connectivity index is 3.82. The molecule has 88 valence electrons. The van der Waals surface area contributed by atoms with Crippen molar-refractivity contribution in [3.05, 3.63) is 12.3 Å². The Labute approximate surface area is 92.5 Å². The third kappa shape index (κ3) is 8.00. The molecule has 0 bridgehead atoms. The van der Waals surface area contributed by atoms with Gasteiger partial charge >= 0.3 is 5.97 Å². The number of hydrogen-bond donors (Lipinski definition) is 0. The number of nitrogens with zero attached hydrogens (tertiary/aromatic N) is 2. The summed E-state index contributed by atoms with van der Waals surface area (Å²) >= 11 is 0. The molecule has 0 aromatic rings. The quantitative estimate of drug-likeness (QED) is 0.466. The minimum absolute atomic E-state index is 0.305. The molecule has 0 heterocycles. The van der Waals surface area contributed by atoms with E-state index in [1.165, 1.54) is 13.2 Å². The standard InChI is InChI=1S/C11H22N2O2/c1-5-13(9-6-8-12(2)3)10-7-11(14)15-4/h7,10H,5-6,8-9H2,1-4H3/b10-7+. The van der Waals surface area contributed by atoms with Gasteiger partial charge in [-0.2, -0.15) is 0 Å². The van der Waals surface area contributed by atoms with Gasteiger partial charge in [-0.25, -0.2) is 4.79 Å². The van der Waals surface area contributed by atoms with Gasteiger partial charge in [-0.05, 0) is 34.0 Å². The minimum atomic E-state index is -0.305.